The normalized spacial score (nSPS) is 23.1. The predicted molar refractivity (Wildman–Crippen MR) is 75.5 cm³/mol. The molecule has 2 nitrogen and oxygen atoms in total. The highest BCUT2D eigenvalue weighted by Gasteiger charge is 2.35. The molecule has 1 aliphatic heterocycles. The SMILES string of the molecule is Fc1ccc(CN2CCNC3(CCCCC3)C2)cc1F. The lowest BCUT2D eigenvalue weighted by atomic mass is 9.80. The van der Waals surface area contributed by atoms with E-state index in [0.717, 1.165) is 25.2 Å². The molecular weight excluding hydrogens is 258 g/mol. The third-order valence-corrected chi connectivity index (χ3v) is 4.66. The van der Waals surface area contributed by atoms with Gasteiger partial charge in [0.05, 0.1) is 0 Å². The predicted octanol–water partition coefficient (Wildman–Crippen LogP) is 3.07. The summed E-state index contributed by atoms with van der Waals surface area (Å²) in [6.45, 7) is 3.69. The lowest BCUT2D eigenvalue weighted by molar-refractivity contribution is 0.0944. The number of piperazine rings is 1. The van der Waals surface area contributed by atoms with Gasteiger partial charge in [-0.25, -0.2) is 8.78 Å². The third-order valence-electron chi connectivity index (χ3n) is 4.66. The molecule has 1 saturated carbocycles. The van der Waals surface area contributed by atoms with Crippen LogP contribution in [-0.2, 0) is 6.54 Å². The molecule has 1 saturated heterocycles. The molecule has 0 atom stereocenters. The number of halogens is 2. The number of nitrogens with zero attached hydrogens (tertiary/aromatic N) is 1. The fourth-order valence-corrected chi connectivity index (χ4v) is 3.64. The summed E-state index contributed by atoms with van der Waals surface area (Å²) in [4.78, 5) is 2.37. The molecule has 1 aromatic rings. The Morgan fingerprint density at radius 2 is 1.90 bits per heavy atom. The maximum atomic E-state index is 13.3. The highest BCUT2D eigenvalue weighted by Crippen LogP contribution is 2.31. The van der Waals surface area contributed by atoms with E-state index in [0.29, 0.717) is 6.54 Å². The molecule has 0 aromatic heterocycles. The average Bonchev–Trinajstić information content (AvgIpc) is 2.44. The van der Waals surface area contributed by atoms with Crippen molar-refractivity contribution in [2.45, 2.75) is 44.2 Å². The lowest BCUT2D eigenvalue weighted by Gasteiger charge is -2.46. The van der Waals surface area contributed by atoms with Crippen LogP contribution in [0, 0.1) is 11.6 Å². The molecule has 110 valence electrons. The van der Waals surface area contributed by atoms with E-state index in [4.69, 9.17) is 0 Å². The van der Waals surface area contributed by atoms with Crippen LogP contribution < -0.4 is 5.32 Å². The Balaban J connectivity index is 1.66. The maximum absolute atomic E-state index is 13.3. The zero-order valence-electron chi connectivity index (χ0n) is 11.8. The van der Waals surface area contributed by atoms with Crippen LogP contribution in [0.1, 0.15) is 37.7 Å². The number of rotatable bonds is 2. The second kappa shape index (κ2) is 5.78. The number of hydrogen-bond acceptors (Lipinski definition) is 2. The second-order valence-electron chi connectivity index (χ2n) is 6.23. The van der Waals surface area contributed by atoms with Gasteiger partial charge in [-0.2, -0.15) is 0 Å². The van der Waals surface area contributed by atoms with Crippen LogP contribution in [0.3, 0.4) is 0 Å². The molecule has 3 rings (SSSR count). The highest BCUT2D eigenvalue weighted by molar-refractivity contribution is 5.18. The molecule has 1 aliphatic carbocycles. The Kier molecular flexibility index (Phi) is 4.03. The molecule has 1 spiro atoms. The second-order valence-corrected chi connectivity index (χ2v) is 6.23. The van der Waals surface area contributed by atoms with E-state index in [1.54, 1.807) is 6.07 Å². The van der Waals surface area contributed by atoms with Gasteiger partial charge in [-0.05, 0) is 30.5 Å². The Bertz CT molecular complexity index is 464. The standard InChI is InChI=1S/C16H22F2N2/c17-14-5-4-13(10-15(14)18)11-20-9-8-19-16(12-20)6-2-1-3-7-16/h4-5,10,19H,1-3,6-9,11-12H2. The molecule has 0 bridgehead atoms. The van der Waals surface area contributed by atoms with E-state index in [2.05, 4.69) is 10.2 Å². The molecular formula is C16H22F2N2. The summed E-state index contributed by atoms with van der Waals surface area (Å²) in [7, 11) is 0. The Morgan fingerprint density at radius 3 is 2.65 bits per heavy atom. The van der Waals surface area contributed by atoms with Gasteiger partial charge in [0.1, 0.15) is 0 Å². The Labute approximate surface area is 119 Å². The van der Waals surface area contributed by atoms with Crippen LogP contribution in [0.15, 0.2) is 18.2 Å². The largest absolute Gasteiger partial charge is 0.309 e. The van der Waals surface area contributed by atoms with Crippen molar-refractivity contribution in [3.05, 3.63) is 35.4 Å². The minimum atomic E-state index is -0.766. The summed E-state index contributed by atoms with van der Waals surface area (Å²) < 4.78 is 26.2. The Morgan fingerprint density at radius 1 is 1.10 bits per heavy atom. The van der Waals surface area contributed by atoms with Gasteiger partial charge in [-0.1, -0.05) is 25.3 Å². The summed E-state index contributed by atoms with van der Waals surface area (Å²) >= 11 is 0. The molecule has 2 aliphatic rings. The van der Waals surface area contributed by atoms with E-state index in [-0.39, 0.29) is 5.54 Å². The van der Waals surface area contributed by atoms with Crippen LogP contribution in [0.2, 0.25) is 0 Å². The molecule has 4 heteroatoms. The van der Waals surface area contributed by atoms with Crippen molar-refractivity contribution >= 4 is 0 Å². The minimum absolute atomic E-state index is 0.259. The van der Waals surface area contributed by atoms with Crippen LogP contribution in [0.4, 0.5) is 8.78 Å². The van der Waals surface area contributed by atoms with Crippen LogP contribution in [-0.4, -0.2) is 30.1 Å². The van der Waals surface area contributed by atoms with E-state index >= 15 is 0 Å². The first-order valence-electron chi connectivity index (χ1n) is 7.58. The van der Waals surface area contributed by atoms with Gasteiger partial charge < -0.3 is 5.32 Å². The summed E-state index contributed by atoms with van der Waals surface area (Å²) in [5, 5.41) is 3.69. The van der Waals surface area contributed by atoms with E-state index in [9.17, 15) is 8.78 Å². The first kappa shape index (κ1) is 14.0. The van der Waals surface area contributed by atoms with Gasteiger partial charge in [-0.3, -0.25) is 4.90 Å². The van der Waals surface area contributed by atoms with E-state index in [1.807, 2.05) is 0 Å². The van der Waals surface area contributed by atoms with Gasteiger partial charge in [0.15, 0.2) is 11.6 Å². The molecule has 2 fully saturated rings. The zero-order valence-corrected chi connectivity index (χ0v) is 11.8. The van der Waals surface area contributed by atoms with Crippen LogP contribution in [0.5, 0.6) is 0 Å². The van der Waals surface area contributed by atoms with Crippen molar-refractivity contribution in [3.8, 4) is 0 Å². The summed E-state index contributed by atoms with van der Waals surface area (Å²) in [5.41, 5.74) is 1.12. The fraction of sp³-hybridized carbons (Fsp3) is 0.625. The van der Waals surface area contributed by atoms with Crippen molar-refractivity contribution in [1.29, 1.82) is 0 Å². The van der Waals surface area contributed by atoms with Crippen molar-refractivity contribution in [2.75, 3.05) is 19.6 Å². The van der Waals surface area contributed by atoms with Gasteiger partial charge >= 0.3 is 0 Å². The molecule has 0 amide bonds. The van der Waals surface area contributed by atoms with Crippen molar-refractivity contribution < 1.29 is 8.78 Å². The van der Waals surface area contributed by atoms with Crippen molar-refractivity contribution in [1.82, 2.24) is 10.2 Å². The molecule has 1 N–H and O–H groups in total. The highest BCUT2D eigenvalue weighted by atomic mass is 19.2. The minimum Gasteiger partial charge on any atom is -0.309 e. The lowest BCUT2D eigenvalue weighted by Crippen LogP contribution is -2.60. The average molecular weight is 280 g/mol. The summed E-state index contributed by atoms with van der Waals surface area (Å²) in [5.74, 6) is -1.51. The Hall–Kier alpha value is -1.00. The monoisotopic (exact) mass is 280 g/mol. The number of hydrogen-bond donors (Lipinski definition) is 1. The smallest absolute Gasteiger partial charge is 0.159 e. The molecule has 1 aromatic carbocycles. The van der Waals surface area contributed by atoms with E-state index < -0.39 is 11.6 Å². The topological polar surface area (TPSA) is 15.3 Å². The van der Waals surface area contributed by atoms with E-state index in [1.165, 1.54) is 44.2 Å². The first-order chi connectivity index (χ1) is 9.67. The summed E-state index contributed by atoms with van der Waals surface area (Å²) in [6.07, 6.45) is 6.41. The molecule has 0 radical (unpaired) electrons. The maximum Gasteiger partial charge on any atom is 0.159 e. The summed E-state index contributed by atoms with van der Waals surface area (Å²) in [6, 6.07) is 4.24. The van der Waals surface area contributed by atoms with Crippen molar-refractivity contribution in [2.24, 2.45) is 0 Å². The number of nitrogens with one attached hydrogen (secondary N) is 1. The van der Waals surface area contributed by atoms with Gasteiger partial charge in [0.25, 0.3) is 0 Å². The molecule has 20 heavy (non-hydrogen) atoms. The van der Waals surface area contributed by atoms with Gasteiger partial charge in [0, 0.05) is 31.7 Å². The fourth-order valence-electron chi connectivity index (χ4n) is 3.64. The first-order valence-corrected chi connectivity index (χ1v) is 7.58. The zero-order chi connectivity index (χ0) is 14.0. The van der Waals surface area contributed by atoms with Gasteiger partial charge in [0.2, 0.25) is 0 Å². The third kappa shape index (κ3) is 3.01. The van der Waals surface area contributed by atoms with Crippen LogP contribution in [0.25, 0.3) is 0 Å². The van der Waals surface area contributed by atoms with Crippen LogP contribution >= 0.6 is 0 Å². The molecule has 1 heterocycles. The quantitative estimate of drug-likeness (QED) is 0.895. The van der Waals surface area contributed by atoms with Gasteiger partial charge in [-0.15, -0.1) is 0 Å². The number of benzene rings is 1. The van der Waals surface area contributed by atoms with Crippen molar-refractivity contribution in [3.63, 3.8) is 0 Å². The molecule has 0 unspecified atom stereocenters.